The van der Waals surface area contributed by atoms with Crippen LogP contribution < -0.4 is 5.73 Å². The first kappa shape index (κ1) is 20.2. The number of aromatic nitrogens is 2. The lowest BCUT2D eigenvalue weighted by atomic mass is 9.77. The molecular formula is C27H26N4O. The number of carbonyl (C=O) groups is 1. The topological polar surface area (TPSA) is 64.2 Å². The monoisotopic (exact) mass is 422 g/mol. The van der Waals surface area contributed by atoms with Crippen LogP contribution in [0.25, 0.3) is 0 Å². The third-order valence-corrected chi connectivity index (χ3v) is 6.29. The molecule has 0 radical (unpaired) electrons. The normalized spacial score (nSPS) is 16.5. The van der Waals surface area contributed by atoms with E-state index in [1.807, 2.05) is 24.5 Å². The van der Waals surface area contributed by atoms with Crippen molar-refractivity contribution in [1.29, 1.82) is 0 Å². The van der Waals surface area contributed by atoms with Crippen molar-refractivity contribution < 1.29 is 4.79 Å². The summed E-state index contributed by atoms with van der Waals surface area (Å²) in [6, 6.07) is 31.0. The van der Waals surface area contributed by atoms with Gasteiger partial charge in [0.15, 0.2) is 0 Å². The molecule has 2 N–H and O–H groups in total. The van der Waals surface area contributed by atoms with Crippen molar-refractivity contribution in [1.82, 2.24) is 14.5 Å². The lowest BCUT2D eigenvalue weighted by Gasteiger charge is -2.37. The Morgan fingerprint density at radius 1 is 0.844 bits per heavy atom. The highest BCUT2D eigenvalue weighted by Crippen LogP contribution is 2.40. The van der Waals surface area contributed by atoms with Gasteiger partial charge in [-0.1, -0.05) is 91.0 Å². The second-order valence-corrected chi connectivity index (χ2v) is 8.24. The molecule has 5 nitrogen and oxygen atoms in total. The van der Waals surface area contributed by atoms with Gasteiger partial charge in [-0.05, 0) is 23.1 Å². The van der Waals surface area contributed by atoms with Gasteiger partial charge in [-0.2, -0.15) is 0 Å². The van der Waals surface area contributed by atoms with Crippen molar-refractivity contribution >= 4 is 5.91 Å². The molecule has 3 aromatic carbocycles. The third-order valence-electron chi connectivity index (χ3n) is 6.29. The maximum atomic E-state index is 12.3. The van der Waals surface area contributed by atoms with Crippen molar-refractivity contribution in [2.45, 2.75) is 24.5 Å². The summed E-state index contributed by atoms with van der Waals surface area (Å²) in [5.74, 6) is -0.00000798. The van der Waals surface area contributed by atoms with E-state index in [1.54, 1.807) is 4.90 Å². The molecule has 1 atom stereocenters. The number of rotatable bonds is 6. The zero-order valence-corrected chi connectivity index (χ0v) is 17.8. The maximum absolute atomic E-state index is 12.3. The Balaban J connectivity index is 1.67. The van der Waals surface area contributed by atoms with Crippen molar-refractivity contribution in [2.24, 2.45) is 5.73 Å². The van der Waals surface area contributed by atoms with Gasteiger partial charge in [0.2, 0.25) is 5.91 Å². The fourth-order valence-corrected chi connectivity index (χ4v) is 4.73. The van der Waals surface area contributed by atoms with Gasteiger partial charge in [-0.25, -0.2) is 4.98 Å². The van der Waals surface area contributed by atoms with Crippen LogP contribution in [-0.4, -0.2) is 32.9 Å². The Morgan fingerprint density at radius 3 is 1.78 bits per heavy atom. The molecule has 32 heavy (non-hydrogen) atoms. The van der Waals surface area contributed by atoms with Crippen LogP contribution >= 0.6 is 0 Å². The molecule has 0 unspecified atom stereocenters. The second kappa shape index (κ2) is 8.44. The third kappa shape index (κ3) is 3.41. The molecule has 1 aromatic heterocycles. The van der Waals surface area contributed by atoms with Crippen LogP contribution in [0.1, 0.15) is 28.8 Å². The van der Waals surface area contributed by atoms with E-state index >= 15 is 0 Å². The largest absolute Gasteiger partial charge is 0.335 e. The average molecular weight is 423 g/mol. The van der Waals surface area contributed by atoms with E-state index in [9.17, 15) is 4.79 Å². The molecule has 160 valence electrons. The first-order chi connectivity index (χ1) is 15.7. The molecular weight excluding hydrogens is 396 g/mol. The van der Waals surface area contributed by atoms with E-state index in [4.69, 9.17) is 10.7 Å². The Bertz CT molecular complexity index is 1090. The molecule has 1 saturated heterocycles. The van der Waals surface area contributed by atoms with Crippen molar-refractivity contribution in [3.8, 4) is 0 Å². The van der Waals surface area contributed by atoms with Crippen LogP contribution in [0.5, 0.6) is 0 Å². The highest BCUT2D eigenvalue weighted by molar-refractivity contribution is 5.83. The molecule has 4 aromatic rings. The van der Waals surface area contributed by atoms with E-state index in [0.29, 0.717) is 19.5 Å². The van der Waals surface area contributed by atoms with Gasteiger partial charge in [-0.15, -0.1) is 0 Å². The number of nitrogens with zero attached hydrogens (tertiary/aromatic N) is 3. The minimum atomic E-state index is -0.597. The summed E-state index contributed by atoms with van der Waals surface area (Å²) in [6.07, 6.45) is 4.63. The number of hydrogen-bond donors (Lipinski definition) is 1. The van der Waals surface area contributed by atoms with Crippen LogP contribution in [0, 0.1) is 0 Å². The van der Waals surface area contributed by atoms with Crippen molar-refractivity contribution in [2.75, 3.05) is 6.54 Å². The maximum Gasteiger partial charge on any atom is 0.239 e. The minimum absolute atomic E-state index is 0.00000798. The molecule has 2 heterocycles. The molecule has 1 aliphatic rings. The summed E-state index contributed by atoms with van der Waals surface area (Å²) < 4.78 is 2.17. The summed E-state index contributed by atoms with van der Waals surface area (Å²) >= 11 is 0. The molecule has 1 fully saturated rings. The lowest BCUT2D eigenvalue weighted by molar-refractivity contribution is -0.129. The van der Waals surface area contributed by atoms with Gasteiger partial charge in [0, 0.05) is 12.7 Å². The smallest absolute Gasteiger partial charge is 0.239 e. The molecule has 0 aliphatic carbocycles. The molecule has 0 bridgehead atoms. The van der Waals surface area contributed by atoms with Crippen LogP contribution in [0.4, 0.5) is 0 Å². The molecule has 1 aliphatic heterocycles. The Morgan fingerprint density at radius 2 is 1.34 bits per heavy atom. The number of benzene rings is 3. The first-order valence-corrected chi connectivity index (χ1v) is 10.9. The van der Waals surface area contributed by atoms with E-state index in [2.05, 4.69) is 83.6 Å². The summed E-state index contributed by atoms with van der Waals surface area (Å²) in [5.41, 5.74) is 9.58. The summed E-state index contributed by atoms with van der Waals surface area (Å²) in [6.45, 7) is 1.14. The minimum Gasteiger partial charge on any atom is -0.335 e. The van der Waals surface area contributed by atoms with Crippen LogP contribution in [-0.2, 0) is 16.9 Å². The fourth-order valence-electron chi connectivity index (χ4n) is 4.73. The van der Waals surface area contributed by atoms with E-state index in [1.165, 1.54) is 0 Å². The summed E-state index contributed by atoms with van der Waals surface area (Å²) in [5, 5.41) is 0. The van der Waals surface area contributed by atoms with Gasteiger partial charge in [-0.3, -0.25) is 4.79 Å². The van der Waals surface area contributed by atoms with Crippen molar-refractivity contribution in [3.63, 3.8) is 0 Å². The Kier molecular flexibility index (Phi) is 5.33. The Hall–Kier alpha value is -3.70. The molecule has 5 rings (SSSR count). The molecule has 0 saturated carbocycles. The van der Waals surface area contributed by atoms with Crippen LogP contribution in [0.3, 0.4) is 0 Å². The highest BCUT2D eigenvalue weighted by atomic mass is 16.2. The summed E-state index contributed by atoms with van der Waals surface area (Å²) in [4.78, 5) is 18.9. The predicted molar refractivity (Wildman–Crippen MR) is 125 cm³/mol. The summed E-state index contributed by atoms with van der Waals surface area (Å²) in [7, 11) is 0. The highest BCUT2D eigenvalue weighted by Gasteiger charge is 2.38. The molecule has 1 amide bonds. The number of likely N-dealkylation sites (tertiary alicyclic amines) is 1. The number of amides is 1. The average Bonchev–Trinajstić information content (AvgIpc) is 3.44. The lowest BCUT2D eigenvalue weighted by Crippen LogP contribution is -2.37. The van der Waals surface area contributed by atoms with Crippen LogP contribution in [0.2, 0.25) is 0 Å². The van der Waals surface area contributed by atoms with Gasteiger partial charge in [0.05, 0.1) is 24.6 Å². The first-order valence-electron chi connectivity index (χ1n) is 10.9. The molecule has 0 spiro atoms. The van der Waals surface area contributed by atoms with E-state index in [0.717, 1.165) is 22.4 Å². The second-order valence-electron chi connectivity index (χ2n) is 8.24. The van der Waals surface area contributed by atoms with Gasteiger partial charge < -0.3 is 15.2 Å². The van der Waals surface area contributed by atoms with E-state index in [-0.39, 0.29) is 5.91 Å². The van der Waals surface area contributed by atoms with Gasteiger partial charge in [0.25, 0.3) is 0 Å². The Labute approximate surface area is 188 Å². The zero-order chi connectivity index (χ0) is 22.0. The number of hydrogen-bond acceptors (Lipinski definition) is 3. The number of nitrogens with two attached hydrogens (primary N) is 1. The number of carbonyl (C=O) groups excluding carboxylic acids is 1. The zero-order valence-electron chi connectivity index (χ0n) is 17.8. The standard InChI is InChI=1S/C27H26N4O/c28-25-16-17-30(26(25)32)18-24-19-31(20-29-24)27(21-10-4-1-5-11-21,22-12-6-2-7-13-22)23-14-8-3-9-15-23/h1-15,19-20,25H,16-18,28H2/t25-/m1/s1. The number of imidazole rings is 1. The van der Waals surface area contributed by atoms with Crippen LogP contribution in [0.15, 0.2) is 104 Å². The molecule has 5 heteroatoms. The van der Waals surface area contributed by atoms with Crippen molar-refractivity contribution in [3.05, 3.63) is 126 Å². The fraction of sp³-hybridized carbons (Fsp3) is 0.185. The van der Waals surface area contributed by atoms with E-state index < -0.39 is 11.6 Å². The van der Waals surface area contributed by atoms with Gasteiger partial charge >= 0.3 is 0 Å². The quantitative estimate of drug-likeness (QED) is 0.481. The predicted octanol–water partition coefficient (Wildman–Crippen LogP) is 3.78. The van der Waals surface area contributed by atoms with Gasteiger partial charge in [0.1, 0.15) is 5.54 Å². The SMILES string of the molecule is N[C@@H]1CCN(Cc2cn(C(c3ccccc3)(c3ccccc3)c3ccccc3)cn2)C1=O.